The van der Waals surface area contributed by atoms with Gasteiger partial charge in [-0.15, -0.1) is 0 Å². The van der Waals surface area contributed by atoms with Crippen LogP contribution in [-0.4, -0.2) is 12.3 Å². The Labute approximate surface area is 300 Å². The van der Waals surface area contributed by atoms with Crippen LogP contribution < -0.4 is 26.2 Å². The molecule has 0 aromatic heterocycles. The number of hydrogen-bond acceptors (Lipinski definition) is 2. The van der Waals surface area contributed by atoms with Crippen molar-refractivity contribution in [3.05, 3.63) is 119 Å². The molecule has 3 heterocycles. The van der Waals surface area contributed by atoms with E-state index in [1.807, 2.05) is 0 Å². The standard InChI is InChI=1S/C47H51BN2/c1-29(2)32-15-19-35(20-16-32)49-43-22-18-34(31(5)6)26-41(43)48-40-25-33(30(3)4)17-21-37(40)38-27-36(28-44(49)45(38)48)50-42-14-10-9-13-39(42)46(7)23-11-12-24-47(46,50)8/h9-10,13-22,25-31H,11-12,23-24H2,1-8H3. The van der Waals surface area contributed by atoms with Crippen molar-refractivity contribution in [2.75, 3.05) is 9.80 Å². The molecule has 5 aromatic carbocycles. The van der Waals surface area contributed by atoms with E-state index in [-0.39, 0.29) is 17.7 Å². The second kappa shape index (κ2) is 11.1. The molecule has 4 aliphatic rings. The minimum atomic E-state index is 0.000706. The molecular weight excluding hydrogens is 603 g/mol. The summed E-state index contributed by atoms with van der Waals surface area (Å²) in [6.45, 7) is 19.2. The molecule has 0 radical (unpaired) electrons. The third-order valence-corrected chi connectivity index (χ3v) is 13.4. The van der Waals surface area contributed by atoms with E-state index in [0.717, 1.165) is 0 Å². The molecule has 1 aliphatic carbocycles. The second-order valence-corrected chi connectivity index (χ2v) is 17.1. The van der Waals surface area contributed by atoms with Gasteiger partial charge in [0, 0.05) is 33.9 Å². The Morgan fingerprint density at radius 2 is 1.20 bits per heavy atom. The Morgan fingerprint density at radius 1 is 0.560 bits per heavy atom. The lowest BCUT2D eigenvalue weighted by molar-refractivity contribution is 0.195. The lowest BCUT2D eigenvalue weighted by Crippen LogP contribution is -2.56. The van der Waals surface area contributed by atoms with Gasteiger partial charge in [0.2, 0.25) is 6.71 Å². The fourth-order valence-electron chi connectivity index (χ4n) is 10.3. The fraction of sp³-hybridized carbons (Fsp3) is 0.362. The quantitative estimate of drug-likeness (QED) is 0.170. The lowest BCUT2D eigenvalue weighted by Gasteiger charge is -2.50. The average molecular weight is 655 g/mol. The van der Waals surface area contributed by atoms with E-state index < -0.39 is 0 Å². The molecule has 0 amide bonds. The highest BCUT2D eigenvalue weighted by Gasteiger charge is 2.58. The third-order valence-electron chi connectivity index (χ3n) is 13.4. The summed E-state index contributed by atoms with van der Waals surface area (Å²) in [6.07, 6.45) is 5.00. The highest BCUT2D eigenvalue weighted by molar-refractivity contribution is 7.01. The molecular formula is C47H51BN2. The first-order valence-corrected chi connectivity index (χ1v) is 19.3. The SMILES string of the molecule is CC(C)c1ccc(N2c3ccc(C(C)C)cc3B3c4cc(C(C)C)ccc4-c4cc(N5c6ccccc6C6(C)CCCCC56C)cc2c43)cc1. The number of hydrogen-bond donors (Lipinski definition) is 0. The zero-order valence-corrected chi connectivity index (χ0v) is 31.3. The average Bonchev–Trinajstić information content (AvgIpc) is 3.55. The Balaban J connectivity index is 1.35. The monoisotopic (exact) mass is 654 g/mol. The maximum Gasteiger partial charge on any atom is 0.248 e. The molecule has 2 atom stereocenters. The number of rotatable bonds is 5. The predicted octanol–water partition coefficient (Wildman–Crippen LogP) is 11.1. The normalized spacial score (nSPS) is 21.5. The minimum absolute atomic E-state index is 0.000706. The van der Waals surface area contributed by atoms with Crippen molar-refractivity contribution in [1.82, 2.24) is 0 Å². The molecule has 252 valence electrons. The highest BCUT2D eigenvalue weighted by atomic mass is 15.3. The summed E-state index contributed by atoms with van der Waals surface area (Å²) in [7, 11) is 0. The molecule has 9 rings (SSSR count). The van der Waals surface area contributed by atoms with Gasteiger partial charge < -0.3 is 9.80 Å². The molecule has 0 N–H and O–H groups in total. The minimum Gasteiger partial charge on any atom is -0.334 e. The molecule has 1 fully saturated rings. The van der Waals surface area contributed by atoms with E-state index in [4.69, 9.17) is 0 Å². The van der Waals surface area contributed by atoms with Crippen LogP contribution in [0.2, 0.25) is 0 Å². The summed E-state index contributed by atoms with van der Waals surface area (Å²) >= 11 is 0. The molecule has 1 saturated carbocycles. The van der Waals surface area contributed by atoms with Gasteiger partial charge in [0.15, 0.2) is 0 Å². The molecule has 0 saturated heterocycles. The van der Waals surface area contributed by atoms with Crippen molar-refractivity contribution in [2.45, 2.75) is 110 Å². The fourth-order valence-corrected chi connectivity index (χ4v) is 10.3. The molecule has 3 aliphatic heterocycles. The highest BCUT2D eigenvalue weighted by Crippen LogP contribution is 2.61. The molecule has 0 bridgehead atoms. The van der Waals surface area contributed by atoms with Gasteiger partial charge in [-0.05, 0) is 118 Å². The second-order valence-electron chi connectivity index (χ2n) is 17.1. The van der Waals surface area contributed by atoms with Crippen LogP contribution in [-0.2, 0) is 5.41 Å². The van der Waals surface area contributed by atoms with E-state index in [1.165, 1.54) is 104 Å². The summed E-state index contributed by atoms with van der Waals surface area (Å²) in [5.74, 6) is 1.43. The Morgan fingerprint density at radius 3 is 1.92 bits per heavy atom. The largest absolute Gasteiger partial charge is 0.334 e. The summed E-state index contributed by atoms with van der Waals surface area (Å²) in [5, 5.41) is 0. The first-order chi connectivity index (χ1) is 24.0. The van der Waals surface area contributed by atoms with Gasteiger partial charge in [-0.1, -0.05) is 127 Å². The van der Waals surface area contributed by atoms with Crippen molar-refractivity contribution >= 4 is 51.5 Å². The van der Waals surface area contributed by atoms with E-state index >= 15 is 0 Å². The maximum atomic E-state index is 2.77. The summed E-state index contributed by atoms with van der Waals surface area (Å²) in [5.41, 5.74) is 19.6. The van der Waals surface area contributed by atoms with Crippen molar-refractivity contribution < 1.29 is 0 Å². The number of anilines is 5. The third kappa shape index (κ3) is 4.28. The lowest BCUT2D eigenvalue weighted by atomic mass is 9.37. The van der Waals surface area contributed by atoms with Gasteiger partial charge in [-0.3, -0.25) is 0 Å². The van der Waals surface area contributed by atoms with E-state index in [1.54, 1.807) is 0 Å². The topological polar surface area (TPSA) is 6.48 Å². The zero-order valence-electron chi connectivity index (χ0n) is 31.3. The molecule has 2 unspecified atom stereocenters. The van der Waals surface area contributed by atoms with Crippen molar-refractivity contribution in [3.63, 3.8) is 0 Å². The van der Waals surface area contributed by atoms with Crippen molar-refractivity contribution in [1.29, 1.82) is 0 Å². The van der Waals surface area contributed by atoms with Gasteiger partial charge in [-0.25, -0.2) is 0 Å². The Hall–Kier alpha value is -4.24. The number of benzene rings is 5. The van der Waals surface area contributed by atoms with E-state index in [9.17, 15) is 0 Å². The van der Waals surface area contributed by atoms with Crippen LogP contribution in [0.25, 0.3) is 11.1 Å². The molecule has 50 heavy (non-hydrogen) atoms. The summed E-state index contributed by atoms with van der Waals surface area (Å²) in [6, 6.07) is 38.6. The van der Waals surface area contributed by atoms with Gasteiger partial charge in [0.05, 0.1) is 5.54 Å². The smallest absolute Gasteiger partial charge is 0.248 e. The van der Waals surface area contributed by atoms with Crippen molar-refractivity contribution in [2.24, 2.45) is 0 Å². The van der Waals surface area contributed by atoms with Crippen LogP contribution >= 0.6 is 0 Å². The molecule has 2 nitrogen and oxygen atoms in total. The van der Waals surface area contributed by atoms with Crippen LogP contribution in [0.1, 0.15) is 121 Å². The van der Waals surface area contributed by atoms with Crippen LogP contribution in [0.4, 0.5) is 28.4 Å². The first kappa shape index (κ1) is 31.7. The van der Waals surface area contributed by atoms with Gasteiger partial charge in [0.25, 0.3) is 0 Å². The number of fused-ring (bicyclic) bond motifs is 8. The predicted molar refractivity (Wildman–Crippen MR) is 216 cm³/mol. The molecule has 5 aromatic rings. The number of nitrogens with zero attached hydrogens (tertiary/aromatic N) is 2. The van der Waals surface area contributed by atoms with Gasteiger partial charge in [-0.2, -0.15) is 0 Å². The Bertz CT molecular complexity index is 2160. The van der Waals surface area contributed by atoms with Crippen LogP contribution in [0, 0.1) is 0 Å². The van der Waals surface area contributed by atoms with E-state index in [0.29, 0.717) is 17.8 Å². The van der Waals surface area contributed by atoms with Crippen LogP contribution in [0.15, 0.2) is 97.1 Å². The van der Waals surface area contributed by atoms with Gasteiger partial charge in [0.1, 0.15) is 0 Å². The summed E-state index contributed by atoms with van der Waals surface area (Å²) < 4.78 is 0. The Kier molecular flexibility index (Phi) is 7.06. The summed E-state index contributed by atoms with van der Waals surface area (Å²) in [4.78, 5) is 5.37. The van der Waals surface area contributed by atoms with Crippen molar-refractivity contribution in [3.8, 4) is 11.1 Å². The van der Waals surface area contributed by atoms with Gasteiger partial charge >= 0.3 is 0 Å². The number of para-hydroxylation sites is 1. The van der Waals surface area contributed by atoms with Crippen LogP contribution in [0.3, 0.4) is 0 Å². The molecule has 3 heteroatoms. The zero-order chi connectivity index (χ0) is 34.7. The van der Waals surface area contributed by atoms with Crippen LogP contribution in [0.5, 0.6) is 0 Å². The van der Waals surface area contributed by atoms with E-state index in [2.05, 4.69) is 162 Å². The molecule has 0 spiro atoms. The first-order valence-electron chi connectivity index (χ1n) is 19.3. The maximum absolute atomic E-state index is 2.77.